The normalized spacial score (nSPS) is 10.8. The van der Waals surface area contributed by atoms with E-state index in [4.69, 9.17) is 0 Å². The van der Waals surface area contributed by atoms with Crippen LogP contribution in [0.1, 0.15) is 5.56 Å². The Balaban J connectivity index is 1.84. The summed E-state index contributed by atoms with van der Waals surface area (Å²) < 4.78 is 14.7. The molecule has 3 rings (SSSR count). The lowest BCUT2D eigenvalue weighted by Crippen LogP contribution is -2.18. The van der Waals surface area contributed by atoms with Crippen LogP contribution in [0.4, 0.5) is 10.2 Å². The minimum absolute atomic E-state index is 0.229. The number of aromatic nitrogens is 4. The third-order valence-corrected chi connectivity index (χ3v) is 2.85. The van der Waals surface area contributed by atoms with Gasteiger partial charge in [-0.3, -0.25) is 0 Å². The lowest BCUT2D eigenvalue weighted by atomic mass is 10.2. The molecule has 0 saturated heterocycles. The first-order valence-corrected chi connectivity index (χ1v) is 5.85. The van der Waals surface area contributed by atoms with Crippen molar-refractivity contribution in [3.05, 3.63) is 54.1 Å². The van der Waals surface area contributed by atoms with Crippen molar-refractivity contribution in [2.45, 2.75) is 6.54 Å². The van der Waals surface area contributed by atoms with Gasteiger partial charge < -0.3 is 4.90 Å². The fraction of sp³-hybridized carbons (Fsp3) is 0.154. The van der Waals surface area contributed by atoms with E-state index in [-0.39, 0.29) is 5.82 Å². The number of hydrogen-bond acceptors (Lipinski definition) is 4. The molecule has 19 heavy (non-hydrogen) atoms. The van der Waals surface area contributed by atoms with Gasteiger partial charge in [-0.2, -0.15) is 4.52 Å². The van der Waals surface area contributed by atoms with Gasteiger partial charge in [-0.15, -0.1) is 15.3 Å². The average Bonchev–Trinajstić information content (AvgIpc) is 2.85. The first-order chi connectivity index (χ1) is 9.22. The Bertz CT molecular complexity index is 709. The third-order valence-electron chi connectivity index (χ3n) is 2.85. The third kappa shape index (κ3) is 2.37. The Morgan fingerprint density at radius 2 is 2.16 bits per heavy atom. The lowest BCUT2D eigenvalue weighted by molar-refractivity contribution is 0.625. The number of hydrogen-bond donors (Lipinski definition) is 0. The van der Waals surface area contributed by atoms with E-state index >= 15 is 0 Å². The van der Waals surface area contributed by atoms with Crippen LogP contribution in [0.25, 0.3) is 5.65 Å². The maximum absolute atomic E-state index is 13.1. The van der Waals surface area contributed by atoms with Gasteiger partial charge in [0.2, 0.25) is 0 Å². The summed E-state index contributed by atoms with van der Waals surface area (Å²) in [6.07, 6.45) is 1.55. The maximum atomic E-state index is 13.1. The average molecular weight is 257 g/mol. The molecule has 0 aliphatic heterocycles. The highest BCUT2D eigenvalue weighted by molar-refractivity contribution is 5.44. The Hall–Kier alpha value is -2.50. The van der Waals surface area contributed by atoms with E-state index in [1.165, 1.54) is 12.1 Å². The second-order valence-electron chi connectivity index (χ2n) is 4.31. The molecule has 0 aliphatic carbocycles. The van der Waals surface area contributed by atoms with E-state index in [1.807, 2.05) is 30.1 Å². The van der Waals surface area contributed by atoms with Crippen molar-refractivity contribution in [3.63, 3.8) is 0 Å². The van der Waals surface area contributed by atoms with E-state index in [9.17, 15) is 4.39 Å². The predicted molar refractivity (Wildman–Crippen MR) is 69.3 cm³/mol. The number of rotatable bonds is 3. The van der Waals surface area contributed by atoms with Gasteiger partial charge in [0.1, 0.15) is 18.0 Å². The Kier molecular flexibility index (Phi) is 2.83. The summed E-state index contributed by atoms with van der Waals surface area (Å²) in [5.41, 5.74) is 1.59. The van der Waals surface area contributed by atoms with Gasteiger partial charge in [0.05, 0.1) is 0 Å². The highest BCUT2D eigenvalue weighted by Gasteiger charge is 2.06. The van der Waals surface area contributed by atoms with Crippen molar-refractivity contribution in [1.29, 1.82) is 0 Å². The molecule has 1 aromatic carbocycles. The summed E-state index contributed by atoms with van der Waals surface area (Å²) in [4.78, 5) is 1.94. The molecule has 0 unspecified atom stereocenters. The van der Waals surface area contributed by atoms with E-state index in [0.29, 0.717) is 12.2 Å². The molecule has 0 radical (unpaired) electrons. The molecular weight excluding hydrogens is 245 g/mol. The quantitative estimate of drug-likeness (QED) is 0.719. The van der Waals surface area contributed by atoms with Crippen LogP contribution < -0.4 is 4.90 Å². The zero-order valence-electron chi connectivity index (χ0n) is 10.4. The van der Waals surface area contributed by atoms with Gasteiger partial charge in [-0.1, -0.05) is 12.1 Å². The first-order valence-electron chi connectivity index (χ1n) is 5.85. The van der Waals surface area contributed by atoms with Gasteiger partial charge in [-0.05, 0) is 29.8 Å². The van der Waals surface area contributed by atoms with Crippen LogP contribution in [0.15, 0.2) is 42.7 Å². The zero-order valence-corrected chi connectivity index (χ0v) is 10.4. The molecule has 0 fully saturated rings. The topological polar surface area (TPSA) is 46.3 Å². The summed E-state index contributed by atoms with van der Waals surface area (Å²) >= 11 is 0. The fourth-order valence-electron chi connectivity index (χ4n) is 1.91. The Labute approximate surface area is 109 Å². The van der Waals surface area contributed by atoms with Gasteiger partial charge in [0.15, 0.2) is 5.65 Å². The summed E-state index contributed by atoms with van der Waals surface area (Å²) in [7, 11) is 1.91. The predicted octanol–water partition coefficient (Wildman–Crippen LogP) is 1.90. The Morgan fingerprint density at radius 3 is 3.00 bits per heavy atom. The van der Waals surface area contributed by atoms with Crippen molar-refractivity contribution in [1.82, 2.24) is 19.8 Å². The van der Waals surface area contributed by atoms with Crippen LogP contribution >= 0.6 is 0 Å². The molecule has 96 valence electrons. The molecule has 6 heteroatoms. The van der Waals surface area contributed by atoms with Crippen molar-refractivity contribution in [2.75, 3.05) is 11.9 Å². The molecule has 2 aromatic heterocycles. The highest BCUT2D eigenvalue weighted by Crippen LogP contribution is 2.13. The number of benzene rings is 1. The van der Waals surface area contributed by atoms with Crippen LogP contribution in [-0.4, -0.2) is 26.9 Å². The summed E-state index contributed by atoms with van der Waals surface area (Å²) in [6.45, 7) is 0.582. The number of halogens is 1. The second kappa shape index (κ2) is 4.64. The molecule has 3 aromatic rings. The highest BCUT2D eigenvalue weighted by atomic mass is 19.1. The Morgan fingerprint density at radius 1 is 1.26 bits per heavy atom. The zero-order chi connectivity index (χ0) is 13.2. The van der Waals surface area contributed by atoms with Crippen LogP contribution in [0, 0.1) is 5.82 Å². The lowest BCUT2D eigenvalue weighted by Gasteiger charge is -2.17. The van der Waals surface area contributed by atoms with E-state index in [0.717, 1.165) is 11.4 Å². The van der Waals surface area contributed by atoms with Crippen LogP contribution in [0.3, 0.4) is 0 Å². The molecule has 5 nitrogen and oxygen atoms in total. The van der Waals surface area contributed by atoms with E-state index < -0.39 is 0 Å². The van der Waals surface area contributed by atoms with Crippen LogP contribution in [0.5, 0.6) is 0 Å². The van der Waals surface area contributed by atoms with Gasteiger partial charge in [0.25, 0.3) is 0 Å². The van der Waals surface area contributed by atoms with Crippen LogP contribution in [0.2, 0.25) is 0 Å². The SMILES string of the molecule is CN(Cc1cccc(F)c1)c1ccc2nncn2n1. The molecule has 0 amide bonds. The molecule has 2 heterocycles. The maximum Gasteiger partial charge on any atom is 0.177 e. The fourth-order valence-corrected chi connectivity index (χ4v) is 1.91. The van der Waals surface area contributed by atoms with E-state index in [1.54, 1.807) is 16.9 Å². The largest absolute Gasteiger partial charge is 0.354 e. The summed E-state index contributed by atoms with van der Waals surface area (Å²) in [5, 5.41) is 12.1. The smallest absolute Gasteiger partial charge is 0.177 e. The van der Waals surface area contributed by atoms with Gasteiger partial charge in [0, 0.05) is 13.6 Å². The van der Waals surface area contributed by atoms with Gasteiger partial charge >= 0.3 is 0 Å². The van der Waals surface area contributed by atoms with Crippen molar-refractivity contribution in [2.24, 2.45) is 0 Å². The summed E-state index contributed by atoms with van der Waals surface area (Å²) in [5.74, 6) is 0.546. The number of nitrogens with zero attached hydrogens (tertiary/aromatic N) is 5. The molecule has 0 spiro atoms. The molecule has 0 bridgehead atoms. The minimum atomic E-state index is -0.229. The minimum Gasteiger partial charge on any atom is -0.354 e. The standard InChI is InChI=1S/C13H12FN5/c1-18(8-10-3-2-4-11(14)7-10)13-6-5-12-16-15-9-19(12)17-13/h2-7,9H,8H2,1H3. The van der Waals surface area contributed by atoms with Crippen molar-refractivity contribution < 1.29 is 4.39 Å². The molecular formula is C13H12FN5. The molecule has 0 N–H and O–H groups in total. The molecule has 0 aliphatic rings. The number of fused-ring (bicyclic) bond motifs is 1. The number of anilines is 1. The monoisotopic (exact) mass is 257 g/mol. The van der Waals surface area contributed by atoms with Crippen LogP contribution in [-0.2, 0) is 6.54 Å². The van der Waals surface area contributed by atoms with E-state index in [2.05, 4.69) is 15.3 Å². The first kappa shape index (κ1) is 11.6. The second-order valence-corrected chi connectivity index (χ2v) is 4.31. The molecule has 0 saturated carbocycles. The van der Waals surface area contributed by atoms with Crippen molar-refractivity contribution >= 4 is 11.5 Å². The molecule has 0 atom stereocenters. The van der Waals surface area contributed by atoms with Crippen molar-refractivity contribution in [3.8, 4) is 0 Å². The van der Waals surface area contributed by atoms with Gasteiger partial charge in [-0.25, -0.2) is 4.39 Å². The summed E-state index contributed by atoms with van der Waals surface area (Å²) in [6, 6.07) is 10.3.